The summed E-state index contributed by atoms with van der Waals surface area (Å²) in [6.07, 6.45) is 0. The Balaban J connectivity index is 2.47. The van der Waals surface area contributed by atoms with Crippen molar-refractivity contribution in [2.24, 2.45) is 0 Å². The molecule has 0 unspecified atom stereocenters. The molecule has 0 aliphatic rings. The second-order valence-corrected chi connectivity index (χ2v) is 4.54. The summed E-state index contributed by atoms with van der Waals surface area (Å²) in [4.78, 5) is 10.2. The molecule has 0 saturated carbocycles. The van der Waals surface area contributed by atoms with Crippen LogP contribution in [0.25, 0.3) is 0 Å². The van der Waals surface area contributed by atoms with Gasteiger partial charge in [0, 0.05) is 16.7 Å². The zero-order chi connectivity index (χ0) is 14.7. The molecular weight excluding hydrogens is 308 g/mol. The summed E-state index contributed by atoms with van der Waals surface area (Å²) >= 11 is 11.6. The lowest BCUT2D eigenvalue weighted by atomic mass is 10.2. The molecule has 0 amide bonds. The first-order valence-electron chi connectivity index (χ1n) is 5.48. The fourth-order valence-corrected chi connectivity index (χ4v) is 2.01. The first kappa shape index (κ1) is 14.6. The van der Waals surface area contributed by atoms with Crippen LogP contribution in [-0.4, -0.2) is 4.92 Å². The summed E-state index contributed by atoms with van der Waals surface area (Å²) in [7, 11) is 0. The van der Waals surface area contributed by atoms with Gasteiger partial charge >= 0.3 is 5.69 Å². The van der Waals surface area contributed by atoms with E-state index in [1.807, 2.05) is 0 Å². The van der Waals surface area contributed by atoms with Crippen molar-refractivity contribution >= 4 is 28.9 Å². The maximum Gasteiger partial charge on any atom is 0.314 e. The second-order valence-electron chi connectivity index (χ2n) is 3.83. The van der Waals surface area contributed by atoms with Gasteiger partial charge in [-0.25, -0.2) is 4.39 Å². The Morgan fingerprint density at radius 1 is 1.30 bits per heavy atom. The van der Waals surface area contributed by atoms with Crippen LogP contribution >= 0.6 is 23.2 Å². The first-order chi connectivity index (χ1) is 9.52. The van der Waals surface area contributed by atoms with E-state index in [1.165, 1.54) is 18.2 Å². The average Bonchev–Trinajstić information content (AvgIpc) is 2.42. The Hall–Kier alpha value is -1.85. The van der Waals surface area contributed by atoms with E-state index in [4.69, 9.17) is 27.9 Å². The van der Waals surface area contributed by atoms with Crippen molar-refractivity contribution in [3.8, 4) is 11.5 Å². The predicted molar refractivity (Wildman–Crippen MR) is 74.1 cm³/mol. The van der Waals surface area contributed by atoms with Crippen molar-refractivity contribution in [2.75, 3.05) is 0 Å². The highest BCUT2D eigenvalue weighted by Crippen LogP contribution is 2.36. The van der Waals surface area contributed by atoms with E-state index in [1.54, 1.807) is 6.07 Å². The van der Waals surface area contributed by atoms with Gasteiger partial charge in [-0.15, -0.1) is 11.6 Å². The van der Waals surface area contributed by atoms with Crippen molar-refractivity contribution in [3.63, 3.8) is 0 Å². The fraction of sp³-hybridized carbons (Fsp3) is 0.0769. The van der Waals surface area contributed by atoms with Gasteiger partial charge in [0.2, 0.25) is 5.75 Å². The lowest BCUT2D eigenvalue weighted by molar-refractivity contribution is -0.385. The van der Waals surface area contributed by atoms with Gasteiger partial charge in [-0.3, -0.25) is 10.1 Å². The van der Waals surface area contributed by atoms with Gasteiger partial charge in [0.15, 0.2) is 5.82 Å². The molecule has 0 saturated heterocycles. The predicted octanol–water partition coefficient (Wildman–Crippen LogP) is 4.92. The number of ether oxygens (including phenoxy) is 1. The van der Waals surface area contributed by atoms with Gasteiger partial charge in [-0.1, -0.05) is 17.7 Å². The number of halogens is 3. The summed E-state index contributed by atoms with van der Waals surface area (Å²) in [6.45, 7) is 0. The van der Waals surface area contributed by atoms with Crippen LogP contribution in [-0.2, 0) is 5.88 Å². The first-order valence-corrected chi connectivity index (χ1v) is 6.39. The summed E-state index contributed by atoms with van der Waals surface area (Å²) < 4.78 is 19.0. The molecule has 0 atom stereocenters. The molecule has 7 heteroatoms. The Bertz CT molecular complexity index is 664. The Labute approximate surface area is 123 Å². The number of para-hydroxylation sites is 1. The van der Waals surface area contributed by atoms with Gasteiger partial charge in [0.05, 0.1) is 10.8 Å². The van der Waals surface area contributed by atoms with Crippen molar-refractivity contribution in [2.45, 2.75) is 5.88 Å². The molecule has 2 aromatic rings. The molecule has 4 nitrogen and oxygen atoms in total. The average molecular weight is 316 g/mol. The van der Waals surface area contributed by atoms with Gasteiger partial charge in [0.1, 0.15) is 5.75 Å². The van der Waals surface area contributed by atoms with Crippen LogP contribution in [0.3, 0.4) is 0 Å². The van der Waals surface area contributed by atoms with E-state index >= 15 is 0 Å². The molecule has 0 radical (unpaired) electrons. The lowest BCUT2D eigenvalue weighted by Gasteiger charge is -2.10. The Kier molecular flexibility index (Phi) is 4.42. The van der Waals surface area contributed by atoms with Crippen molar-refractivity contribution in [3.05, 3.63) is 62.9 Å². The van der Waals surface area contributed by atoms with Crippen molar-refractivity contribution in [1.82, 2.24) is 0 Å². The van der Waals surface area contributed by atoms with Crippen molar-refractivity contribution < 1.29 is 14.1 Å². The van der Waals surface area contributed by atoms with Crippen LogP contribution in [0.4, 0.5) is 10.1 Å². The normalized spacial score (nSPS) is 10.3. The highest BCUT2D eigenvalue weighted by atomic mass is 35.5. The summed E-state index contributed by atoms with van der Waals surface area (Å²) in [5.74, 6) is -0.975. The van der Waals surface area contributed by atoms with E-state index in [2.05, 4.69) is 0 Å². The van der Waals surface area contributed by atoms with Gasteiger partial charge in [-0.05, 0) is 24.3 Å². The van der Waals surface area contributed by atoms with E-state index in [-0.39, 0.29) is 11.6 Å². The Morgan fingerprint density at radius 3 is 2.70 bits per heavy atom. The minimum absolute atomic E-state index is 0.0815. The second kappa shape index (κ2) is 6.07. The fourth-order valence-electron chi connectivity index (χ4n) is 1.60. The zero-order valence-electron chi connectivity index (χ0n) is 9.98. The van der Waals surface area contributed by atoms with Gasteiger partial charge in [-0.2, -0.15) is 0 Å². The molecular formula is C13H8Cl2FNO3. The minimum Gasteiger partial charge on any atom is -0.447 e. The number of alkyl halides is 1. The topological polar surface area (TPSA) is 52.4 Å². The van der Waals surface area contributed by atoms with Crippen LogP contribution in [0.5, 0.6) is 11.5 Å². The molecule has 104 valence electrons. The Morgan fingerprint density at radius 2 is 2.05 bits per heavy atom. The summed E-state index contributed by atoms with van der Waals surface area (Å²) in [5.41, 5.74) is 0.0530. The molecule has 0 bridgehead atoms. The number of rotatable bonds is 4. The maximum absolute atomic E-state index is 13.7. The third-order valence-electron chi connectivity index (χ3n) is 2.52. The molecule has 20 heavy (non-hydrogen) atoms. The number of nitro benzene ring substituents is 1. The molecule has 2 aromatic carbocycles. The van der Waals surface area contributed by atoms with Crippen LogP contribution < -0.4 is 4.74 Å². The largest absolute Gasteiger partial charge is 0.447 e. The molecule has 0 aliphatic heterocycles. The summed E-state index contributed by atoms with van der Waals surface area (Å²) in [6, 6.07) is 8.05. The van der Waals surface area contributed by atoms with E-state index < -0.39 is 22.2 Å². The smallest absolute Gasteiger partial charge is 0.314 e. The SMILES string of the molecule is O=[N+]([O-])c1cccc(F)c1Oc1ccc(Cl)cc1CCl. The molecule has 0 heterocycles. The molecule has 0 aromatic heterocycles. The zero-order valence-corrected chi connectivity index (χ0v) is 11.5. The van der Waals surface area contributed by atoms with Crippen LogP contribution in [0.1, 0.15) is 5.56 Å². The van der Waals surface area contributed by atoms with Gasteiger partial charge in [0.25, 0.3) is 0 Å². The monoisotopic (exact) mass is 315 g/mol. The van der Waals surface area contributed by atoms with Gasteiger partial charge < -0.3 is 4.74 Å². The van der Waals surface area contributed by atoms with Crippen molar-refractivity contribution in [1.29, 1.82) is 0 Å². The van der Waals surface area contributed by atoms with Crippen LogP contribution in [0, 0.1) is 15.9 Å². The summed E-state index contributed by atoms with van der Waals surface area (Å²) in [5, 5.41) is 11.3. The highest BCUT2D eigenvalue weighted by molar-refractivity contribution is 6.30. The molecule has 0 aliphatic carbocycles. The maximum atomic E-state index is 13.7. The van der Waals surface area contributed by atoms with E-state index in [0.29, 0.717) is 10.6 Å². The van der Waals surface area contributed by atoms with Crippen LogP contribution in [0.2, 0.25) is 5.02 Å². The van der Waals surface area contributed by atoms with Crippen LogP contribution in [0.15, 0.2) is 36.4 Å². The molecule has 0 fully saturated rings. The third kappa shape index (κ3) is 3.00. The molecule has 2 rings (SSSR count). The third-order valence-corrected chi connectivity index (χ3v) is 3.04. The molecule has 0 N–H and O–H groups in total. The number of nitro groups is 1. The quantitative estimate of drug-likeness (QED) is 0.457. The lowest BCUT2D eigenvalue weighted by Crippen LogP contribution is -1.97. The number of benzene rings is 2. The number of hydrogen-bond donors (Lipinski definition) is 0. The number of nitrogens with zero attached hydrogens (tertiary/aromatic N) is 1. The standard InChI is InChI=1S/C13H8Cl2FNO3/c14-7-8-6-9(15)4-5-12(8)20-13-10(16)2-1-3-11(13)17(18)19/h1-6H,7H2. The highest BCUT2D eigenvalue weighted by Gasteiger charge is 2.21. The van der Waals surface area contributed by atoms with E-state index in [9.17, 15) is 14.5 Å². The van der Waals surface area contributed by atoms with E-state index in [0.717, 1.165) is 12.1 Å². The minimum atomic E-state index is -0.824. The number of hydrogen-bond acceptors (Lipinski definition) is 3. The molecule has 0 spiro atoms.